The van der Waals surface area contributed by atoms with E-state index in [9.17, 15) is 15.3 Å². The van der Waals surface area contributed by atoms with Crippen LogP contribution in [0, 0.1) is 5.92 Å². The van der Waals surface area contributed by atoms with Crippen molar-refractivity contribution in [3.05, 3.63) is 69.7 Å². The molecule has 3 nitrogen and oxygen atoms in total. The SMILES string of the molecule is OCC(c1ccc(O)cc1)(c1ccc(O)cc1)C1CC2(Cl)C(Cl)=C(Cl)C1(Cl)C2(Cl)Cl. The molecule has 2 aliphatic rings. The fraction of sp³-hybridized carbons (Fsp3) is 0.333. The Bertz CT molecular complexity index is 975. The van der Waals surface area contributed by atoms with E-state index in [1.54, 1.807) is 24.3 Å². The Morgan fingerprint density at radius 2 is 1.23 bits per heavy atom. The van der Waals surface area contributed by atoms with E-state index in [1.165, 1.54) is 24.3 Å². The molecule has 3 unspecified atom stereocenters. The van der Waals surface area contributed by atoms with Crippen LogP contribution in [0.4, 0.5) is 0 Å². The van der Waals surface area contributed by atoms with Crippen LogP contribution in [0.1, 0.15) is 17.5 Å². The van der Waals surface area contributed by atoms with E-state index in [0.717, 1.165) is 0 Å². The first-order chi connectivity index (χ1) is 14.0. The van der Waals surface area contributed by atoms with Crippen molar-refractivity contribution in [3.8, 4) is 11.5 Å². The number of hydrogen-bond acceptors (Lipinski definition) is 3. The lowest BCUT2D eigenvalue weighted by atomic mass is 9.62. The van der Waals surface area contributed by atoms with Gasteiger partial charge in [-0.1, -0.05) is 70.7 Å². The van der Waals surface area contributed by atoms with Crippen LogP contribution in [0.15, 0.2) is 58.6 Å². The monoisotopic (exact) mass is 526 g/mol. The number of aromatic hydroxyl groups is 2. The van der Waals surface area contributed by atoms with Crippen molar-refractivity contribution in [2.24, 2.45) is 5.92 Å². The summed E-state index contributed by atoms with van der Waals surface area (Å²) in [7, 11) is 0. The Morgan fingerprint density at radius 3 is 1.57 bits per heavy atom. The van der Waals surface area contributed by atoms with Gasteiger partial charge in [-0.05, 0) is 41.8 Å². The van der Waals surface area contributed by atoms with Gasteiger partial charge >= 0.3 is 0 Å². The lowest BCUT2D eigenvalue weighted by Crippen LogP contribution is -2.52. The van der Waals surface area contributed by atoms with Crippen molar-refractivity contribution >= 4 is 69.6 Å². The van der Waals surface area contributed by atoms with Crippen molar-refractivity contribution in [2.45, 2.75) is 25.9 Å². The summed E-state index contributed by atoms with van der Waals surface area (Å²) in [5.74, 6) is -0.569. The largest absolute Gasteiger partial charge is 0.508 e. The fourth-order valence-electron chi connectivity index (χ4n) is 4.80. The van der Waals surface area contributed by atoms with Gasteiger partial charge in [-0.25, -0.2) is 0 Å². The molecule has 0 aromatic heterocycles. The molecule has 160 valence electrons. The van der Waals surface area contributed by atoms with E-state index in [4.69, 9.17) is 69.6 Å². The first kappa shape index (κ1) is 22.7. The molecule has 1 saturated carbocycles. The van der Waals surface area contributed by atoms with E-state index in [-0.39, 0.29) is 28.0 Å². The molecular formula is C21H16Cl6O3. The normalized spacial score (nSPS) is 30.2. The number of halogens is 6. The third-order valence-corrected chi connectivity index (χ3v) is 10.7. The highest BCUT2D eigenvalue weighted by atomic mass is 35.5. The van der Waals surface area contributed by atoms with Crippen LogP contribution in [0.5, 0.6) is 11.5 Å². The molecule has 2 aromatic carbocycles. The number of fused-ring (bicyclic) bond motifs is 2. The molecule has 4 rings (SSSR count). The Morgan fingerprint density at radius 1 is 0.800 bits per heavy atom. The maximum Gasteiger partial charge on any atom is 0.166 e. The molecule has 2 aromatic rings. The molecule has 3 N–H and O–H groups in total. The Balaban J connectivity index is 2.03. The average molecular weight is 529 g/mol. The molecule has 9 heteroatoms. The van der Waals surface area contributed by atoms with Crippen LogP contribution in [0.3, 0.4) is 0 Å². The number of benzene rings is 2. The smallest absolute Gasteiger partial charge is 0.166 e. The van der Waals surface area contributed by atoms with Crippen LogP contribution in [-0.4, -0.2) is 36.0 Å². The van der Waals surface area contributed by atoms with Crippen LogP contribution < -0.4 is 0 Å². The summed E-state index contributed by atoms with van der Waals surface area (Å²) >= 11 is 40.3. The average Bonchev–Trinajstić information content (AvgIpc) is 2.94. The Labute approximate surface area is 203 Å². The molecule has 0 spiro atoms. The summed E-state index contributed by atoms with van der Waals surface area (Å²) in [5.41, 5.74) is 0.0964. The van der Waals surface area contributed by atoms with Crippen molar-refractivity contribution in [3.63, 3.8) is 0 Å². The number of aliphatic hydroxyl groups excluding tert-OH is 1. The zero-order valence-electron chi connectivity index (χ0n) is 15.2. The minimum atomic E-state index is -1.75. The molecular weight excluding hydrogens is 513 g/mol. The van der Waals surface area contributed by atoms with Crippen LogP contribution >= 0.6 is 69.6 Å². The van der Waals surface area contributed by atoms with Gasteiger partial charge in [-0.3, -0.25) is 0 Å². The summed E-state index contributed by atoms with van der Waals surface area (Å²) in [6.45, 7) is -0.402. The van der Waals surface area contributed by atoms with Crippen molar-refractivity contribution in [2.75, 3.05) is 6.61 Å². The zero-order chi connectivity index (χ0) is 22.1. The highest BCUT2D eigenvalue weighted by Gasteiger charge is 2.81. The number of allylic oxidation sites excluding steroid dienone is 2. The summed E-state index contributed by atoms with van der Waals surface area (Å²) in [4.78, 5) is -3.05. The minimum Gasteiger partial charge on any atom is -0.508 e. The second-order valence-electron chi connectivity index (χ2n) is 7.70. The van der Waals surface area contributed by atoms with Crippen molar-refractivity contribution in [1.29, 1.82) is 0 Å². The standard InChI is InChI=1S/C21H16Cl6O3/c22-16-17(23)20(25)15(9-19(16,24)21(20,26)27)18(10-28,11-1-5-13(29)6-2-11)12-3-7-14(30)8-4-12/h1-8,15,28-30H,9-10H2. The molecule has 0 saturated heterocycles. The quantitative estimate of drug-likeness (QED) is 0.412. The molecule has 0 amide bonds. The van der Waals surface area contributed by atoms with Gasteiger partial charge in [0, 0.05) is 11.3 Å². The first-order valence-corrected chi connectivity index (χ1v) is 11.3. The van der Waals surface area contributed by atoms with Gasteiger partial charge in [-0.2, -0.15) is 0 Å². The molecule has 0 aliphatic heterocycles. The van der Waals surface area contributed by atoms with Crippen molar-refractivity contribution in [1.82, 2.24) is 0 Å². The van der Waals surface area contributed by atoms with Crippen LogP contribution in [-0.2, 0) is 5.41 Å². The highest BCUT2D eigenvalue weighted by Crippen LogP contribution is 2.77. The van der Waals surface area contributed by atoms with E-state index in [2.05, 4.69) is 0 Å². The van der Waals surface area contributed by atoms with E-state index in [1.807, 2.05) is 0 Å². The van der Waals surface area contributed by atoms with Crippen LogP contribution in [0.2, 0.25) is 0 Å². The van der Waals surface area contributed by atoms with E-state index < -0.39 is 32.0 Å². The molecule has 0 radical (unpaired) electrons. The number of rotatable bonds is 4. The number of alkyl halides is 4. The van der Waals surface area contributed by atoms with Gasteiger partial charge in [0.1, 0.15) is 21.2 Å². The summed E-state index contributed by atoms with van der Waals surface area (Å²) in [6, 6.07) is 12.7. The van der Waals surface area contributed by atoms with Gasteiger partial charge in [0.2, 0.25) is 0 Å². The summed E-state index contributed by atoms with van der Waals surface area (Å²) < 4.78 is -1.75. The lowest BCUT2D eigenvalue weighted by molar-refractivity contribution is 0.154. The Kier molecular flexibility index (Phi) is 5.47. The van der Waals surface area contributed by atoms with Crippen LogP contribution in [0.25, 0.3) is 0 Å². The van der Waals surface area contributed by atoms with E-state index in [0.29, 0.717) is 11.1 Å². The van der Waals surface area contributed by atoms with Gasteiger partial charge in [0.05, 0.1) is 16.7 Å². The molecule has 1 fully saturated rings. The molecule has 0 heterocycles. The van der Waals surface area contributed by atoms with Gasteiger partial charge < -0.3 is 15.3 Å². The predicted octanol–water partition coefficient (Wildman–Crippen LogP) is 6.23. The summed E-state index contributed by atoms with van der Waals surface area (Å²) in [5, 5.41) is 30.5. The topological polar surface area (TPSA) is 60.7 Å². The highest BCUT2D eigenvalue weighted by molar-refractivity contribution is 6.65. The Hall–Kier alpha value is -0.520. The fourth-order valence-corrected chi connectivity index (χ4v) is 7.66. The number of phenols is 2. The number of phenolic OH excluding ortho intramolecular Hbond substituents is 2. The third kappa shape index (κ3) is 2.64. The van der Waals surface area contributed by atoms with Gasteiger partial charge in [0.25, 0.3) is 0 Å². The molecule has 2 aliphatic carbocycles. The van der Waals surface area contributed by atoms with E-state index >= 15 is 0 Å². The molecule has 2 bridgehead atoms. The maximum absolute atomic E-state index is 10.8. The summed E-state index contributed by atoms with van der Waals surface area (Å²) in [6.07, 6.45) is 0.127. The number of aliphatic hydroxyl groups is 1. The minimum absolute atomic E-state index is 0.0393. The zero-order valence-corrected chi connectivity index (χ0v) is 19.8. The lowest BCUT2D eigenvalue weighted by Gasteiger charge is -2.46. The van der Waals surface area contributed by atoms with Crippen molar-refractivity contribution < 1.29 is 15.3 Å². The maximum atomic E-state index is 10.8. The molecule has 30 heavy (non-hydrogen) atoms. The van der Waals surface area contributed by atoms with Gasteiger partial charge in [0.15, 0.2) is 4.33 Å². The first-order valence-electron chi connectivity index (χ1n) is 8.98. The second-order valence-corrected chi connectivity index (χ2v) is 11.0. The number of hydrogen-bond donors (Lipinski definition) is 3. The van der Waals surface area contributed by atoms with Gasteiger partial charge in [-0.15, -0.1) is 23.2 Å². The second kappa shape index (κ2) is 7.25. The molecule has 3 atom stereocenters. The third-order valence-electron chi connectivity index (χ3n) is 6.39. The predicted molar refractivity (Wildman–Crippen MR) is 123 cm³/mol.